The van der Waals surface area contributed by atoms with E-state index < -0.39 is 16.1 Å². The third-order valence-corrected chi connectivity index (χ3v) is 3.54. The fourth-order valence-corrected chi connectivity index (χ4v) is 2.68. The number of aromatic nitrogens is 2. The van der Waals surface area contributed by atoms with Gasteiger partial charge in [-0.25, -0.2) is 18.1 Å². The van der Waals surface area contributed by atoms with Crippen LogP contribution in [0.5, 0.6) is 0 Å². The molecule has 7 nitrogen and oxygen atoms in total. The number of carbonyl (C=O) groups is 1. The summed E-state index contributed by atoms with van der Waals surface area (Å²) in [5, 5.41) is 2.77. The number of rotatable bonds is 9. The third-order valence-electron chi connectivity index (χ3n) is 2.82. The molecule has 0 radical (unpaired) electrons. The molecular formula is C13H24N4O3S. The van der Waals surface area contributed by atoms with Crippen LogP contribution in [0.3, 0.4) is 0 Å². The summed E-state index contributed by atoms with van der Waals surface area (Å²) in [6.07, 6.45) is 6.45. The van der Waals surface area contributed by atoms with Crippen molar-refractivity contribution < 1.29 is 13.2 Å². The molecule has 0 saturated carbocycles. The zero-order chi connectivity index (χ0) is 15.9. The molecule has 0 bridgehead atoms. The second-order valence-electron chi connectivity index (χ2n) is 5.50. The molecule has 1 aromatic heterocycles. The van der Waals surface area contributed by atoms with Gasteiger partial charge in [0.2, 0.25) is 15.9 Å². The van der Waals surface area contributed by atoms with E-state index in [9.17, 15) is 13.2 Å². The Hall–Kier alpha value is -1.41. The van der Waals surface area contributed by atoms with Gasteiger partial charge in [-0.2, -0.15) is 0 Å². The van der Waals surface area contributed by atoms with Gasteiger partial charge in [0, 0.05) is 25.4 Å². The van der Waals surface area contributed by atoms with Crippen molar-refractivity contribution >= 4 is 15.9 Å². The minimum atomic E-state index is -3.41. The lowest BCUT2D eigenvalue weighted by atomic mass is 10.0. The summed E-state index contributed by atoms with van der Waals surface area (Å²) in [7, 11) is -3.41. The van der Waals surface area contributed by atoms with E-state index in [1.807, 2.05) is 13.8 Å². The van der Waals surface area contributed by atoms with Gasteiger partial charge in [-0.3, -0.25) is 4.79 Å². The number of hydrogen-bond donors (Lipinski definition) is 3. The summed E-state index contributed by atoms with van der Waals surface area (Å²) < 4.78 is 25.0. The molecule has 0 saturated heterocycles. The molecule has 21 heavy (non-hydrogen) atoms. The van der Waals surface area contributed by atoms with Crippen LogP contribution < -0.4 is 10.0 Å². The Morgan fingerprint density at radius 1 is 1.43 bits per heavy atom. The molecule has 0 aromatic carbocycles. The molecule has 1 amide bonds. The number of imidazole rings is 1. The van der Waals surface area contributed by atoms with Crippen LogP contribution >= 0.6 is 0 Å². The highest BCUT2D eigenvalue weighted by Crippen LogP contribution is 2.06. The van der Waals surface area contributed by atoms with E-state index in [4.69, 9.17) is 0 Å². The largest absolute Gasteiger partial charge is 0.355 e. The number of carbonyl (C=O) groups excluding carboxylic acids is 1. The first-order chi connectivity index (χ1) is 9.78. The van der Waals surface area contributed by atoms with Crippen LogP contribution in [-0.2, 0) is 21.2 Å². The minimum absolute atomic E-state index is 0.220. The van der Waals surface area contributed by atoms with Crippen molar-refractivity contribution in [1.29, 1.82) is 0 Å². The van der Waals surface area contributed by atoms with Crippen LogP contribution in [0.15, 0.2) is 12.4 Å². The van der Waals surface area contributed by atoms with E-state index in [2.05, 4.69) is 20.0 Å². The van der Waals surface area contributed by atoms with Crippen LogP contribution in [-0.4, -0.2) is 43.1 Å². The quantitative estimate of drug-likeness (QED) is 0.574. The normalized spacial score (nSPS) is 13.3. The van der Waals surface area contributed by atoms with Crippen molar-refractivity contribution in [1.82, 2.24) is 20.0 Å². The van der Waals surface area contributed by atoms with E-state index >= 15 is 0 Å². The third kappa shape index (κ3) is 7.81. The summed E-state index contributed by atoms with van der Waals surface area (Å²) in [5.74, 6) is 0.809. The first kappa shape index (κ1) is 17.6. The maximum absolute atomic E-state index is 12.1. The minimum Gasteiger partial charge on any atom is -0.355 e. The first-order valence-electron chi connectivity index (χ1n) is 7.01. The molecule has 3 N–H and O–H groups in total. The summed E-state index contributed by atoms with van der Waals surface area (Å²) in [6, 6.07) is -0.719. The average molecular weight is 316 g/mol. The molecular weight excluding hydrogens is 292 g/mol. The van der Waals surface area contributed by atoms with E-state index in [1.165, 1.54) is 0 Å². The Balaban J connectivity index is 2.40. The lowest BCUT2D eigenvalue weighted by molar-refractivity contribution is -0.123. The topological polar surface area (TPSA) is 104 Å². The Morgan fingerprint density at radius 3 is 2.67 bits per heavy atom. The fourth-order valence-electron chi connectivity index (χ4n) is 1.96. The van der Waals surface area contributed by atoms with E-state index in [-0.39, 0.29) is 11.8 Å². The van der Waals surface area contributed by atoms with Crippen molar-refractivity contribution in [2.24, 2.45) is 5.92 Å². The molecule has 0 aliphatic heterocycles. The zero-order valence-electron chi connectivity index (χ0n) is 12.7. The molecule has 1 aromatic rings. The SMILES string of the molecule is CC(C)CC(NS(C)(=O)=O)C(=O)NCCCc1ncc[nH]1. The predicted molar refractivity (Wildman–Crippen MR) is 81.1 cm³/mol. The van der Waals surface area contributed by atoms with Crippen LogP contribution in [0.25, 0.3) is 0 Å². The second-order valence-corrected chi connectivity index (χ2v) is 7.28. The number of aryl methyl sites for hydroxylation is 1. The van der Waals surface area contributed by atoms with E-state index in [0.29, 0.717) is 13.0 Å². The molecule has 0 spiro atoms. The van der Waals surface area contributed by atoms with Gasteiger partial charge in [0.15, 0.2) is 0 Å². The summed E-state index contributed by atoms with van der Waals surface area (Å²) in [5.41, 5.74) is 0. The van der Waals surface area contributed by atoms with Gasteiger partial charge in [-0.05, 0) is 18.8 Å². The molecule has 0 fully saturated rings. The highest BCUT2D eigenvalue weighted by molar-refractivity contribution is 7.88. The maximum Gasteiger partial charge on any atom is 0.238 e. The standard InChI is InChI=1S/C13H24N4O3S/c1-10(2)9-11(17-21(3,19)20)13(18)16-6-4-5-12-14-7-8-15-12/h7-8,10-11,17H,4-6,9H2,1-3H3,(H,14,15)(H,16,18). The average Bonchev–Trinajstić information content (AvgIpc) is 2.84. The monoisotopic (exact) mass is 316 g/mol. The lowest BCUT2D eigenvalue weighted by Gasteiger charge is -2.19. The Labute approximate surface area is 126 Å². The van der Waals surface area contributed by atoms with Crippen molar-refractivity contribution in [3.63, 3.8) is 0 Å². The van der Waals surface area contributed by atoms with E-state index in [1.54, 1.807) is 12.4 Å². The maximum atomic E-state index is 12.1. The zero-order valence-corrected chi connectivity index (χ0v) is 13.5. The highest BCUT2D eigenvalue weighted by atomic mass is 32.2. The molecule has 1 unspecified atom stereocenters. The van der Waals surface area contributed by atoms with Gasteiger partial charge >= 0.3 is 0 Å². The molecule has 1 rings (SSSR count). The van der Waals surface area contributed by atoms with Crippen LogP contribution in [0.4, 0.5) is 0 Å². The van der Waals surface area contributed by atoms with Gasteiger partial charge in [-0.1, -0.05) is 13.8 Å². The fraction of sp³-hybridized carbons (Fsp3) is 0.692. The molecule has 1 atom stereocenters. The van der Waals surface area contributed by atoms with Gasteiger partial charge in [0.05, 0.1) is 6.26 Å². The number of hydrogen-bond acceptors (Lipinski definition) is 4. The Morgan fingerprint density at radius 2 is 2.14 bits per heavy atom. The number of sulfonamides is 1. The van der Waals surface area contributed by atoms with Gasteiger partial charge in [-0.15, -0.1) is 0 Å². The summed E-state index contributed by atoms with van der Waals surface area (Å²) in [6.45, 7) is 4.38. The first-order valence-corrected chi connectivity index (χ1v) is 8.90. The van der Waals surface area contributed by atoms with Crippen LogP contribution in [0.1, 0.15) is 32.5 Å². The number of aromatic amines is 1. The van der Waals surface area contributed by atoms with Crippen molar-refractivity contribution in [2.45, 2.75) is 39.2 Å². The lowest BCUT2D eigenvalue weighted by Crippen LogP contribution is -2.47. The Kier molecular flexibility index (Phi) is 6.83. The van der Waals surface area contributed by atoms with E-state index in [0.717, 1.165) is 24.9 Å². The number of nitrogens with one attached hydrogen (secondary N) is 3. The molecule has 120 valence electrons. The second kappa shape index (κ2) is 8.14. The van der Waals surface area contributed by atoms with Crippen molar-refractivity contribution in [3.8, 4) is 0 Å². The van der Waals surface area contributed by atoms with Gasteiger partial charge < -0.3 is 10.3 Å². The summed E-state index contributed by atoms with van der Waals surface area (Å²) >= 11 is 0. The van der Waals surface area contributed by atoms with Gasteiger partial charge in [0.1, 0.15) is 11.9 Å². The Bertz CT molecular complexity index is 526. The molecule has 1 heterocycles. The van der Waals surface area contributed by atoms with Gasteiger partial charge in [0.25, 0.3) is 0 Å². The highest BCUT2D eigenvalue weighted by Gasteiger charge is 2.22. The number of amides is 1. The van der Waals surface area contributed by atoms with Crippen LogP contribution in [0, 0.1) is 5.92 Å². The predicted octanol–water partition coefficient (Wildman–Crippen LogP) is 0.422. The van der Waals surface area contributed by atoms with Crippen molar-refractivity contribution in [3.05, 3.63) is 18.2 Å². The molecule has 0 aliphatic carbocycles. The summed E-state index contributed by atoms with van der Waals surface area (Å²) in [4.78, 5) is 19.1. The molecule has 8 heteroatoms. The smallest absolute Gasteiger partial charge is 0.238 e. The van der Waals surface area contributed by atoms with Crippen molar-refractivity contribution in [2.75, 3.05) is 12.8 Å². The number of nitrogens with zero attached hydrogens (tertiary/aromatic N) is 1. The number of H-pyrrole nitrogens is 1. The van der Waals surface area contributed by atoms with Crippen LogP contribution in [0.2, 0.25) is 0 Å². The molecule has 0 aliphatic rings.